The molecule has 0 aromatic carbocycles. The van der Waals surface area contributed by atoms with Crippen LogP contribution in [-0.2, 0) is 20.9 Å². The van der Waals surface area contributed by atoms with Crippen LogP contribution in [0.15, 0.2) is 23.3 Å². The molecule has 2 fully saturated rings. The second-order valence-electron chi connectivity index (χ2n) is 8.61. The van der Waals surface area contributed by atoms with Crippen LogP contribution in [0, 0.1) is 11.8 Å². The third-order valence-corrected chi connectivity index (χ3v) is 6.54. The molecule has 1 aromatic heterocycles. The van der Waals surface area contributed by atoms with Crippen molar-refractivity contribution in [3.05, 3.63) is 23.9 Å². The Labute approximate surface area is 206 Å². The second kappa shape index (κ2) is 12.7. The van der Waals surface area contributed by atoms with Crippen LogP contribution >= 0.6 is 24.8 Å². The highest BCUT2D eigenvalue weighted by atomic mass is 35.5. The first-order chi connectivity index (χ1) is 14.8. The molecule has 9 nitrogen and oxygen atoms in total. The highest BCUT2D eigenvalue weighted by Crippen LogP contribution is 2.44. The zero-order valence-electron chi connectivity index (χ0n) is 18.7. The lowest BCUT2D eigenvalue weighted by Crippen LogP contribution is -2.62. The third-order valence-electron chi connectivity index (χ3n) is 6.54. The topological polar surface area (TPSA) is 138 Å². The molecule has 11 heteroatoms. The van der Waals surface area contributed by atoms with Gasteiger partial charge in [0.25, 0.3) is 0 Å². The van der Waals surface area contributed by atoms with E-state index in [1.807, 2.05) is 6.07 Å². The molecule has 0 spiro atoms. The summed E-state index contributed by atoms with van der Waals surface area (Å²) in [6, 6.07) is 3.50. The van der Waals surface area contributed by atoms with E-state index < -0.39 is 11.5 Å². The Morgan fingerprint density at radius 3 is 2.58 bits per heavy atom. The summed E-state index contributed by atoms with van der Waals surface area (Å²) < 4.78 is 0. The average molecular weight is 502 g/mol. The molecule has 2 amide bonds. The number of carboxylic acid groups (broad SMARTS) is 1. The third kappa shape index (κ3) is 6.80. The summed E-state index contributed by atoms with van der Waals surface area (Å²) in [4.78, 5) is 46.7. The number of rotatable bonds is 7. The predicted molar refractivity (Wildman–Crippen MR) is 131 cm³/mol. The minimum Gasteiger partial charge on any atom is -0.477 e. The summed E-state index contributed by atoms with van der Waals surface area (Å²) in [6.45, 7) is 2.72. The molecular weight excluding hydrogens is 469 g/mol. The molecule has 1 atom stereocenters. The van der Waals surface area contributed by atoms with E-state index in [-0.39, 0.29) is 49.1 Å². The number of aromatic nitrogens is 1. The van der Waals surface area contributed by atoms with Gasteiger partial charge in [0.15, 0.2) is 0 Å². The fourth-order valence-electron chi connectivity index (χ4n) is 4.94. The van der Waals surface area contributed by atoms with Crippen molar-refractivity contribution in [3.8, 4) is 0 Å². The number of halogens is 2. The van der Waals surface area contributed by atoms with Crippen molar-refractivity contribution in [3.63, 3.8) is 0 Å². The number of anilines is 1. The fourth-order valence-corrected chi connectivity index (χ4v) is 4.94. The van der Waals surface area contributed by atoms with Gasteiger partial charge in [-0.2, -0.15) is 0 Å². The highest BCUT2D eigenvalue weighted by Gasteiger charge is 2.54. The number of carbonyl (C=O) groups excluding carboxylic acids is 2. The zero-order chi connectivity index (χ0) is 22.4. The Bertz CT molecular complexity index is 844. The summed E-state index contributed by atoms with van der Waals surface area (Å²) in [7, 11) is 0. The van der Waals surface area contributed by atoms with E-state index in [0.29, 0.717) is 31.2 Å². The van der Waals surface area contributed by atoms with Crippen LogP contribution in [0.4, 0.5) is 5.82 Å². The van der Waals surface area contributed by atoms with Crippen LogP contribution in [0.5, 0.6) is 0 Å². The summed E-state index contributed by atoms with van der Waals surface area (Å²) >= 11 is 0. The molecule has 0 unspecified atom stereocenters. The number of pyridine rings is 1. The average Bonchev–Trinajstić information content (AvgIpc) is 3.19. The van der Waals surface area contributed by atoms with Crippen molar-refractivity contribution in [2.45, 2.75) is 57.5 Å². The Kier molecular flexibility index (Phi) is 11.1. The lowest BCUT2D eigenvalue weighted by molar-refractivity contribution is -0.149. The number of hydrogen-bond acceptors (Lipinski definition) is 6. The van der Waals surface area contributed by atoms with Crippen molar-refractivity contribution < 1.29 is 19.5 Å². The Hall–Kier alpha value is -2.39. The first-order valence-corrected chi connectivity index (χ1v) is 10.8. The van der Waals surface area contributed by atoms with E-state index in [1.165, 1.54) is 0 Å². The monoisotopic (exact) mass is 501 g/mol. The van der Waals surface area contributed by atoms with E-state index in [4.69, 9.17) is 10.8 Å². The molecule has 0 radical (unpaired) electrons. The smallest absolute Gasteiger partial charge is 0.346 e. The molecular formula is C22H33Cl2N5O4. The van der Waals surface area contributed by atoms with Crippen LogP contribution in [0.1, 0.15) is 51.0 Å². The molecule has 4 N–H and O–H groups in total. The Morgan fingerprint density at radius 2 is 1.97 bits per heavy atom. The van der Waals surface area contributed by atoms with Crippen molar-refractivity contribution in [2.75, 3.05) is 18.8 Å². The van der Waals surface area contributed by atoms with Gasteiger partial charge in [0.1, 0.15) is 24.1 Å². The van der Waals surface area contributed by atoms with Gasteiger partial charge in [0.05, 0.1) is 0 Å². The van der Waals surface area contributed by atoms with E-state index in [0.717, 1.165) is 43.9 Å². The van der Waals surface area contributed by atoms with Gasteiger partial charge in [-0.15, -0.1) is 24.8 Å². The molecule has 184 valence electrons. The molecule has 3 rings (SSSR count). The lowest BCUT2D eigenvalue weighted by Gasteiger charge is -2.45. The minimum absolute atomic E-state index is 0. The number of amides is 2. The maximum Gasteiger partial charge on any atom is 0.346 e. The molecule has 1 aliphatic heterocycles. The number of aliphatic imine (C=N–C) groups is 1. The van der Waals surface area contributed by atoms with Crippen molar-refractivity contribution >= 4 is 54.6 Å². The minimum atomic E-state index is -1.20. The molecule has 1 saturated heterocycles. The number of nitrogens with two attached hydrogens (primary N) is 1. The highest BCUT2D eigenvalue weighted by molar-refractivity contribution is 6.22. The van der Waals surface area contributed by atoms with Crippen molar-refractivity contribution in [2.24, 2.45) is 16.8 Å². The molecule has 2 heterocycles. The number of nitrogens with one attached hydrogen (secondary N) is 1. The largest absolute Gasteiger partial charge is 0.477 e. The van der Waals surface area contributed by atoms with Gasteiger partial charge in [0.2, 0.25) is 11.8 Å². The normalized spacial score (nSPS) is 24.6. The molecule has 1 aromatic rings. The maximum absolute atomic E-state index is 13.6. The van der Waals surface area contributed by atoms with Gasteiger partial charge >= 0.3 is 5.97 Å². The first kappa shape index (κ1) is 28.6. The van der Waals surface area contributed by atoms with Crippen LogP contribution in [0.2, 0.25) is 0 Å². The molecule has 33 heavy (non-hydrogen) atoms. The van der Waals surface area contributed by atoms with Gasteiger partial charge in [-0.1, -0.05) is 25.8 Å². The molecule has 2 aliphatic rings. The predicted octanol–water partition coefficient (Wildman–Crippen LogP) is 2.47. The van der Waals surface area contributed by atoms with Gasteiger partial charge in [-0.3, -0.25) is 14.6 Å². The lowest BCUT2D eigenvalue weighted by atomic mass is 9.70. The van der Waals surface area contributed by atoms with E-state index in [2.05, 4.69) is 22.2 Å². The van der Waals surface area contributed by atoms with Crippen LogP contribution in [0.3, 0.4) is 0 Å². The maximum atomic E-state index is 13.6. The SMILES string of the molecule is CC1CCC([C@@]2(C(=O)NCc3ccc(N)nc3)CCCN2C(=O)CN=CC(=O)O)CC1.Cl.Cl. The molecule has 1 saturated carbocycles. The second-order valence-corrected chi connectivity index (χ2v) is 8.61. The van der Waals surface area contributed by atoms with E-state index in [1.54, 1.807) is 17.2 Å². The summed E-state index contributed by atoms with van der Waals surface area (Å²) in [5.74, 6) is -0.560. The van der Waals surface area contributed by atoms with Gasteiger partial charge in [0, 0.05) is 19.3 Å². The summed E-state index contributed by atoms with van der Waals surface area (Å²) in [6.07, 6.45) is 7.53. The van der Waals surface area contributed by atoms with Gasteiger partial charge < -0.3 is 21.1 Å². The molecule has 1 aliphatic carbocycles. The van der Waals surface area contributed by atoms with E-state index >= 15 is 0 Å². The van der Waals surface area contributed by atoms with Gasteiger partial charge in [-0.25, -0.2) is 9.78 Å². The quantitative estimate of drug-likeness (QED) is 0.490. The van der Waals surface area contributed by atoms with Gasteiger partial charge in [-0.05, 0) is 49.1 Å². The Morgan fingerprint density at radius 1 is 1.27 bits per heavy atom. The van der Waals surface area contributed by atoms with Crippen LogP contribution in [-0.4, -0.2) is 57.6 Å². The summed E-state index contributed by atoms with van der Waals surface area (Å²) in [5.41, 5.74) is 5.54. The van der Waals surface area contributed by atoms with Crippen molar-refractivity contribution in [1.82, 2.24) is 15.2 Å². The van der Waals surface area contributed by atoms with Crippen LogP contribution < -0.4 is 11.1 Å². The van der Waals surface area contributed by atoms with Crippen LogP contribution in [0.25, 0.3) is 0 Å². The number of nitrogens with zero attached hydrogens (tertiary/aromatic N) is 3. The molecule has 0 bridgehead atoms. The Balaban J connectivity index is 0.00000272. The number of carboxylic acids is 1. The summed E-state index contributed by atoms with van der Waals surface area (Å²) in [5, 5.41) is 11.8. The zero-order valence-corrected chi connectivity index (χ0v) is 20.4. The first-order valence-electron chi connectivity index (χ1n) is 10.8. The number of aliphatic carboxylic acids is 1. The fraction of sp³-hybridized carbons (Fsp3) is 0.591. The number of hydrogen-bond donors (Lipinski definition) is 3. The van der Waals surface area contributed by atoms with E-state index in [9.17, 15) is 14.4 Å². The number of likely N-dealkylation sites (tertiary alicyclic amines) is 1. The van der Waals surface area contributed by atoms with Crippen molar-refractivity contribution in [1.29, 1.82) is 0 Å². The number of nitrogen functional groups attached to an aromatic ring is 1. The standard InChI is InChI=1S/C22H31N5O4.2ClH/c1-15-3-6-17(7-4-15)22(21(31)26-12-16-5-8-18(23)25-11-16)9-2-10-27(22)19(28)13-24-14-20(29)30;;/h5,8,11,14-15,17H,2-4,6-7,9-10,12-13H2,1H3,(H2,23,25)(H,26,31)(H,29,30);2*1H/t15?,17?,22-;;/m1../s1. The number of carbonyl (C=O) groups is 3.